The Morgan fingerprint density at radius 1 is 0.727 bits per heavy atom. The first-order valence-corrected chi connectivity index (χ1v) is 22.5. The molecule has 0 saturated carbocycles. The second-order valence-corrected chi connectivity index (χ2v) is 15.9. The van der Waals surface area contributed by atoms with Gasteiger partial charge in [-0.3, -0.25) is 38.4 Å². The van der Waals surface area contributed by atoms with E-state index in [0.717, 1.165) is 10.5 Å². The van der Waals surface area contributed by atoms with Crippen molar-refractivity contribution in [2.45, 2.75) is 101 Å². The van der Waals surface area contributed by atoms with Crippen molar-refractivity contribution in [2.75, 3.05) is 66.1 Å². The highest BCUT2D eigenvalue weighted by atomic mass is 32.2. The van der Waals surface area contributed by atoms with E-state index in [1.807, 2.05) is 31.4 Å². The van der Waals surface area contributed by atoms with Crippen molar-refractivity contribution >= 4 is 71.6 Å². The molecule has 1 rings (SSSR count). The van der Waals surface area contributed by atoms with Crippen LogP contribution in [0.3, 0.4) is 0 Å². The van der Waals surface area contributed by atoms with Crippen LogP contribution >= 0.6 is 11.8 Å². The van der Waals surface area contributed by atoms with Gasteiger partial charge in [-0.25, -0.2) is 9.59 Å². The maximum absolute atomic E-state index is 13.6. The number of nitrogens with zero attached hydrogens (tertiary/aromatic N) is 2. The number of benzene rings is 1. The average Bonchev–Trinajstić information content (AvgIpc) is 3.27. The summed E-state index contributed by atoms with van der Waals surface area (Å²) < 4.78 is 15.5. The minimum Gasteiger partial charge on any atom is -0.481 e. The van der Waals surface area contributed by atoms with Gasteiger partial charge < -0.3 is 65.9 Å². The van der Waals surface area contributed by atoms with Gasteiger partial charge in [0.2, 0.25) is 23.6 Å². The minimum atomic E-state index is -1.49. The standard InChI is InChI=1S/C42H65N7O16S/c1-27(25-66-5)48(3)40(59)32(24-38(56)57)49(4)39(58)29(43-2)11-13-33(51)31(23-28-9-7-6-8-10-28)45-35(53)17-19-63-21-22-64-20-18-44-34(52)14-12-30(41(60)61)46-42(62)47-36(65-26-50)15-16-37(54)55/h6-10,26-27,29-32,36,43H,11-25H2,1-5H3,(H,44,52)(H,45,53)(H,54,55)(H,56,57)(H,60,61)(H2,46,47,62)/t27?,29-,30-,31-,32?,36+/m0/s1. The number of carbonyl (C=O) groups excluding carboxylic acids is 7. The lowest BCUT2D eigenvalue weighted by Gasteiger charge is -2.34. The molecule has 370 valence electrons. The minimum absolute atomic E-state index is 0.00361. The normalized spacial score (nSPS) is 13.6. The van der Waals surface area contributed by atoms with Gasteiger partial charge in [0, 0.05) is 58.1 Å². The Labute approximate surface area is 387 Å². The summed E-state index contributed by atoms with van der Waals surface area (Å²) in [4.78, 5) is 125. The van der Waals surface area contributed by atoms with Crippen LogP contribution in [-0.4, -0.2) is 188 Å². The molecule has 0 spiro atoms. The van der Waals surface area contributed by atoms with Crippen molar-refractivity contribution in [1.29, 1.82) is 0 Å². The molecule has 0 radical (unpaired) electrons. The lowest BCUT2D eigenvalue weighted by Crippen LogP contribution is -2.55. The molecule has 0 saturated heterocycles. The molecule has 0 heterocycles. The quantitative estimate of drug-likeness (QED) is 0.0241. The maximum atomic E-state index is 13.6. The number of ketones is 1. The van der Waals surface area contributed by atoms with Gasteiger partial charge in [0.1, 0.15) is 12.1 Å². The van der Waals surface area contributed by atoms with E-state index >= 15 is 0 Å². The van der Waals surface area contributed by atoms with E-state index in [2.05, 4.69) is 31.3 Å². The summed E-state index contributed by atoms with van der Waals surface area (Å²) in [5, 5.41) is 40.2. The number of thioether (sulfide) groups is 1. The molecular weight excluding hydrogens is 891 g/mol. The number of carbonyl (C=O) groups is 10. The van der Waals surface area contributed by atoms with Crippen molar-refractivity contribution in [3.05, 3.63) is 35.9 Å². The Hall–Kier alpha value is -5.85. The van der Waals surface area contributed by atoms with E-state index < -0.39 is 90.8 Å². The van der Waals surface area contributed by atoms with Gasteiger partial charge in [0.15, 0.2) is 12.0 Å². The number of nitrogens with one attached hydrogen (secondary N) is 5. The van der Waals surface area contributed by atoms with Gasteiger partial charge in [-0.1, -0.05) is 30.3 Å². The third-order valence-electron chi connectivity index (χ3n) is 10.0. The molecule has 0 aliphatic heterocycles. The number of aliphatic carboxylic acids is 3. The number of ether oxygens (including phenoxy) is 3. The molecule has 66 heavy (non-hydrogen) atoms. The van der Waals surface area contributed by atoms with E-state index in [4.69, 9.17) is 14.6 Å². The summed E-state index contributed by atoms with van der Waals surface area (Å²) in [7, 11) is 4.44. The molecule has 8 N–H and O–H groups in total. The second kappa shape index (κ2) is 32.7. The van der Waals surface area contributed by atoms with Crippen LogP contribution in [0, 0.1) is 0 Å². The first-order chi connectivity index (χ1) is 31.3. The number of amides is 6. The van der Waals surface area contributed by atoms with Crippen LogP contribution in [0.25, 0.3) is 0 Å². The number of rotatable bonds is 36. The highest BCUT2D eigenvalue weighted by Gasteiger charge is 2.36. The summed E-state index contributed by atoms with van der Waals surface area (Å²) in [6.07, 6.45) is -1.34. The van der Waals surface area contributed by atoms with Crippen LogP contribution < -0.4 is 26.6 Å². The van der Waals surface area contributed by atoms with Crippen LogP contribution in [0.5, 0.6) is 0 Å². The number of Topliss-reactive ketones (excluding diaryl/α,β-unsaturated/α-hetero) is 1. The van der Waals surface area contributed by atoms with E-state index in [9.17, 15) is 58.2 Å². The molecule has 23 nitrogen and oxygen atoms in total. The Morgan fingerprint density at radius 2 is 1.38 bits per heavy atom. The highest BCUT2D eigenvalue weighted by molar-refractivity contribution is 7.98. The van der Waals surface area contributed by atoms with Crippen molar-refractivity contribution in [1.82, 2.24) is 36.4 Å². The van der Waals surface area contributed by atoms with Gasteiger partial charge in [-0.15, -0.1) is 0 Å². The van der Waals surface area contributed by atoms with Crippen LogP contribution in [0.15, 0.2) is 30.3 Å². The molecule has 24 heteroatoms. The van der Waals surface area contributed by atoms with E-state index in [-0.39, 0.29) is 96.2 Å². The summed E-state index contributed by atoms with van der Waals surface area (Å²) in [6.45, 7) is 2.16. The molecule has 6 amide bonds. The van der Waals surface area contributed by atoms with Crippen LogP contribution in [-0.2, 0) is 63.8 Å². The lowest BCUT2D eigenvalue weighted by atomic mass is 9.97. The fourth-order valence-electron chi connectivity index (χ4n) is 6.19. The first kappa shape index (κ1) is 58.2. The van der Waals surface area contributed by atoms with Crippen molar-refractivity contribution in [3.8, 4) is 0 Å². The van der Waals surface area contributed by atoms with Gasteiger partial charge in [0.25, 0.3) is 6.47 Å². The molecule has 0 aliphatic carbocycles. The third-order valence-corrected chi connectivity index (χ3v) is 10.8. The van der Waals surface area contributed by atoms with Gasteiger partial charge >= 0.3 is 23.9 Å². The number of hydrogen-bond donors (Lipinski definition) is 8. The van der Waals surface area contributed by atoms with Crippen LogP contribution in [0.4, 0.5) is 4.79 Å². The Kier molecular flexibility index (Phi) is 28.9. The maximum Gasteiger partial charge on any atom is 0.326 e. The van der Waals surface area contributed by atoms with Crippen molar-refractivity contribution in [3.63, 3.8) is 0 Å². The molecule has 6 atom stereocenters. The second-order valence-electron chi connectivity index (χ2n) is 15.0. The van der Waals surface area contributed by atoms with Crippen LogP contribution in [0.2, 0.25) is 0 Å². The Balaban J connectivity index is 2.61. The lowest BCUT2D eigenvalue weighted by molar-refractivity contribution is -0.150. The predicted molar refractivity (Wildman–Crippen MR) is 238 cm³/mol. The van der Waals surface area contributed by atoms with E-state index in [0.29, 0.717) is 5.75 Å². The summed E-state index contributed by atoms with van der Waals surface area (Å²) in [5.74, 6) is -5.71. The largest absolute Gasteiger partial charge is 0.481 e. The monoisotopic (exact) mass is 955 g/mol. The molecule has 1 aromatic rings. The first-order valence-electron chi connectivity index (χ1n) is 21.1. The van der Waals surface area contributed by atoms with Crippen LogP contribution in [0.1, 0.15) is 63.9 Å². The van der Waals surface area contributed by atoms with Gasteiger partial charge in [0.05, 0.1) is 51.4 Å². The summed E-state index contributed by atoms with van der Waals surface area (Å²) in [5.41, 5.74) is 0.784. The molecule has 0 aliphatic rings. The zero-order chi connectivity index (χ0) is 49.6. The number of urea groups is 1. The number of hydrogen-bond acceptors (Lipinski definition) is 15. The zero-order valence-corrected chi connectivity index (χ0v) is 38.8. The van der Waals surface area contributed by atoms with Gasteiger partial charge in [-0.05, 0) is 45.1 Å². The molecule has 2 unspecified atom stereocenters. The topological polar surface area (TPSA) is 326 Å². The highest BCUT2D eigenvalue weighted by Crippen LogP contribution is 2.15. The van der Waals surface area contributed by atoms with Crippen molar-refractivity contribution < 1.29 is 77.5 Å². The van der Waals surface area contributed by atoms with Gasteiger partial charge in [-0.2, -0.15) is 11.8 Å². The Morgan fingerprint density at radius 3 is 1.97 bits per heavy atom. The SMILES string of the molecule is CN[C@@H](CCC(=O)[C@H](Cc1ccccc1)NC(=O)CCOCCOCCNC(=O)CC[C@H](NC(=O)N[C@@H](CCC(=O)O)OC=O)C(=O)O)C(=O)N(C)C(CC(=O)O)C(=O)N(C)C(C)CSC. The molecule has 0 fully saturated rings. The fraction of sp³-hybridized carbons (Fsp3) is 0.619. The average molecular weight is 956 g/mol. The Bertz CT molecular complexity index is 1740. The number of carboxylic acids is 3. The summed E-state index contributed by atoms with van der Waals surface area (Å²) >= 11 is 1.52. The zero-order valence-electron chi connectivity index (χ0n) is 38.0. The van der Waals surface area contributed by atoms with E-state index in [1.165, 1.54) is 30.8 Å². The van der Waals surface area contributed by atoms with E-state index in [1.54, 1.807) is 19.2 Å². The predicted octanol–water partition coefficient (Wildman–Crippen LogP) is -0.401. The fourth-order valence-corrected chi connectivity index (χ4v) is 6.89. The molecule has 0 aromatic heterocycles. The summed E-state index contributed by atoms with van der Waals surface area (Å²) in [6, 6.07) is 3.11. The molecule has 1 aromatic carbocycles. The number of carboxylic acid groups (broad SMARTS) is 3. The third kappa shape index (κ3) is 23.9. The number of likely N-dealkylation sites (N-methyl/N-ethyl adjacent to an activating group) is 3. The van der Waals surface area contributed by atoms with Crippen molar-refractivity contribution in [2.24, 2.45) is 0 Å². The smallest absolute Gasteiger partial charge is 0.326 e. The molecular formula is C42H65N7O16S. The molecule has 0 bridgehead atoms.